The Morgan fingerprint density at radius 1 is 0.684 bits per heavy atom. The average Bonchev–Trinajstić information content (AvgIpc) is 3.66. The first kappa shape index (κ1) is 68.0. The highest BCUT2D eigenvalue weighted by Crippen LogP contribution is 2.60. The summed E-state index contributed by atoms with van der Waals surface area (Å²) in [5.41, 5.74) is 4.58. The zero-order chi connectivity index (χ0) is 55.7. The largest absolute Gasteiger partial charge is 0.481 e. The van der Waals surface area contributed by atoms with E-state index in [1.54, 1.807) is 0 Å². The molecule has 76 heavy (non-hydrogen) atoms. The molecule has 430 valence electrons. The number of aliphatic hydroxyl groups is 3. The molecular formula is C55H89N3O16P2. The van der Waals surface area contributed by atoms with Crippen LogP contribution in [0, 0.1) is 0 Å². The third-order valence-electron chi connectivity index (χ3n) is 11.8. The first-order valence-corrected chi connectivity index (χ1v) is 30.2. The number of unbranched alkanes of at least 4 members (excludes halogenated alkanes) is 12. The normalized spacial score (nSPS) is 19.8. The van der Waals surface area contributed by atoms with E-state index in [-0.39, 0.29) is 24.8 Å². The van der Waals surface area contributed by atoms with Gasteiger partial charge in [0.05, 0.1) is 19.3 Å². The Kier molecular flexibility index (Phi) is 37.5. The van der Waals surface area contributed by atoms with Crippen LogP contribution >= 0.6 is 15.6 Å². The lowest BCUT2D eigenvalue weighted by molar-refractivity contribution is -0.161. The Balaban J connectivity index is 1.82. The highest BCUT2D eigenvalue weighted by molar-refractivity contribution is 7.61. The van der Waals surface area contributed by atoms with E-state index in [0.29, 0.717) is 19.3 Å². The molecule has 0 aliphatic carbocycles. The number of anilines is 1. The predicted octanol–water partition coefficient (Wildman–Crippen LogP) is 10.8. The Labute approximate surface area is 450 Å². The molecule has 21 heteroatoms. The molecular weight excluding hydrogens is 1020 g/mol. The molecule has 0 amide bonds. The summed E-state index contributed by atoms with van der Waals surface area (Å²) in [5, 5.41) is 30.8. The van der Waals surface area contributed by atoms with Gasteiger partial charge in [-0.05, 0) is 89.5 Å². The number of ether oxygens (including phenoxy) is 3. The maximum atomic E-state index is 12.9. The molecule has 19 nitrogen and oxygen atoms in total. The van der Waals surface area contributed by atoms with E-state index in [0.717, 1.165) is 107 Å². The number of nitrogen functional groups attached to an aromatic ring is 1. The third kappa shape index (κ3) is 33.9. The van der Waals surface area contributed by atoms with Gasteiger partial charge in [-0.25, -0.2) is 13.9 Å². The van der Waals surface area contributed by atoms with Crippen molar-refractivity contribution in [3.63, 3.8) is 0 Å². The molecule has 1 fully saturated rings. The van der Waals surface area contributed by atoms with Crippen LogP contribution in [0.3, 0.4) is 0 Å². The molecule has 1 aromatic heterocycles. The van der Waals surface area contributed by atoms with E-state index in [9.17, 15) is 48.6 Å². The Morgan fingerprint density at radius 3 is 1.79 bits per heavy atom. The number of phosphoric ester groups is 2. The molecule has 1 saturated heterocycles. The van der Waals surface area contributed by atoms with Crippen LogP contribution in [0.2, 0.25) is 0 Å². The second-order valence-corrected chi connectivity index (χ2v) is 21.6. The van der Waals surface area contributed by atoms with Crippen LogP contribution in [0.4, 0.5) is 5.82 Å². The molecule has 1 aliphatic rings. The number of nitrogens with two attached hydrogens (primary N) is 1. The van der Waals surface area contributed by atoms with Crippen molar-refractivity contribution in [2.24, 2.45) is 0 Å². The van der Waals surface area contributed by atoms with Gasteiger partial charge in [0, 0.05) is 19.0 Å². The number of carbonyl (C=O) groups is 2. The van der Waals surface area contributed by atoms with E-state index in [1.165, 1.54) is 31.7 Å². The average molecular weight is 1110 g/mol. The minimum absolute atomic E-state index is 0.0113. The highest BCUT2D eigenvalue weighted by Gasteiger charge is 2.46. The minimum atomic E-state index is -5.45. The second-order valence-electron chi connectivity index (χ2n) is 18.5. The number of rotatable bonds is 44. The van der Waals surface area contributed by atoms with Gasteiger partial charge in [0.1, 0.15) is 30.7 Å². The highest BCUT2D eigenvalue weighted by atomic mass is 31.3. The van der Waals surface area contributed by atoms with Crippen molar-refractivity contribution < 1.29 is 71.4 Å². The molecule has 0 aromatic carbocycles. The summed E-state index contributed by atoms with van der Waals surface area (Å²) >= 11 is 0. The summed E-state index contributed by atoms with van der Waals surface area (Å²) in [6, 6.07) is 1.24. The standard InChI is InChI=1S/C55H89N3O16P2/c1-3-5-7-8-9-10-11-12-13-14-15-16-17-18-19-24-27-30-33-36-40-51(61)72-47(43-69-50(60)39-35-32-29-26-23-21-20-22-25-28-31-34-38-46(59)37-6-4-2)44-70-75(65,66)74-76(67,68)71-45-48-52(62)53(63)54(73-48)58-42-41-49(56)57-55(58)64/h10-11,13-14,16-17,20-21,25-26,28-29,34,38,41-42,46-48,52-54,59,62-63H,3-9,12,15,18-19,22-24,27,30-33,35-37,39-40,43-45H2,1-2H3,(H,65,66)(H,67,68)(H2,56,57,64)/b11-10-,14-13-,17-16-,21-20-,28-25-,29-26-,38-34-/t46-,47+,48+,52+,53+,54+/m0/s1. The monoisotopic (exact) mass is 1110 g/mol. The summed E-state index contributed by atoms with van der Waals surface area (Å²) in [6.07, 6.45) is 42.7. The quantitative estimate of drug-likeness (QED) is 0.0153. The Hall–Kier alpha value is -4.10. The van der Waals surface area contributed by atoms with Crippen LogP contribution in [0.25, 0.3) is 0 Å². The predicted molar refractivity (Wildman–Crippen MR) is 294 cm³/mol. The summed E-state index contributed by atoms with van der Waals surface area (Å²) in [7, 11) is -10.9. The fourth-order valence-corrected chi connectivity index (χ4v) is 9.62. The molecule has 0 radical (unpaired) electrons. The van der Waals surface area contributed by atoms with Crippen LogP contribution in [-0.4, -0.2) is 96.9 Å². The number of aliphatic hydroxyl groups excluding tert-OH is 3. The molecule has 2 rings (SSSR count). The molecule has 0 bridgehead atoms. The number of nitrogens with zero attached hydrogens (tertiary/aromatic N) is 2. The van der Waals surface area contributed by atoms with Gasteiger partial charge >= 0.3 is 33.3 Å². The SMILES string of the molecule is CCCCCC/C=C\C/C=C\C/C=C\CCCCCCCCC(=O)O[C@H](COC(=O)CCC/C=C\C/C=C\C/C=C\C/C=C\[C@@H](O)CCCC)COP(=O)(O)OP(=O)(O)OC[C@H]1O[C@@H](n2ccc(N)nc2=O)[C@H](O)[C@@H]1O. The third-order valence-corrected chi connectivity index (χ3v) is 14.4. The Bertz CT molecular complexity index is 2120. The second kappa shape index (κ2) is 41.9. The van der Waals surface area contributed by atoms with E-state index < -0.39 is 83.7 Å². The van der Waals surface area contributed by atoms with Crippen molar-refractivity contribution in [3.05, 3.63) is 108 Å². The molecule has 7 N–H and O–H groups in total. The van der Waals surface area contributed by atoms with Crippen molar-refractivity contribution in [2.45, 2.75) is 205 Å². The molecule has 1 aromatic rings. The number of allylic oxidation sites excluding steroid dienone is 13. The van der Waals surface area contributed by atoms with Gasteiger partial charge in [0.15, 0.2) is 12.3 Å². The van der Waals surface area contributed by atoms with Gasteiger partial charge in [-0.1, -0.05) is 157 Å². The van der Waals surface area contributed by atoms with Gasteiger partial charge in [-0.15, -0.1) is 0 Å². The number of esters is 2. The zero-order valence-corrected chi connectivity index (χ0v) is 46.7. The molecule has 2 unspecified atom stereocenters. The first-order chi connectivity index (χ1) is 36.6. The topological polar surface area (TPSA) is 286 Å². The molecule has 1 aliphatic heterocycles. The smallest absolute Gasteiger partial charge is 0.462 e. The maximum absolute atomic E-state index is 12.9. The maximum Gasteiger partial charge on any atom is 0.481 e. The van der Waals surface area contributed by atoms with Crippen molar-refractivity contribution in [3.8, 4) is 0 Å². The fourth-order valence-electron chi connectivity index (χ4n) is 7.51. The Morgan fingerprint density at radius 2 is 1.20 bits per heavy atom. The van der Waals surface area contributed by atoms with E-state index in [1.807, 2.05) is 30.4 Å². The summed E-state index contributed by atoms with van der Waals surface area (Å²) < 4.78 is 56.8. The summed E-state index contributed by atoms with van der Waals surface area (Å²) in [5.74, 6) is -1.41. The lowest BCUT2D eigenvalue weighted by Gasteiger charge is -2.21. The minimum Gasteiger partial charge on any atom is -0.462 e. The summed E-state index contributed by atoms with van der Waals surface area (Å²) in [4.78, 5) is 62.0. The number of aromatic nitrogens is 2. The van der Waals surface area contributed by atoms with Crippen molar-refractivity contribution >= 4 is 33.4 Å². The van der Waals surface area contributed by atoms with Gasteiger partial charge < -0.3 is 45.1 Å². The first-order valence-electron chi connectivity index (χ1n) is 27.2. The number of hydrogen-bond acceptors (Lipinski definition) is 16. The van der Waals surface area contributed by atoms with Crippen LogP contribution < -0.4 is 11.4 Å². The van der Waals surface area contributed by atoms with Gasteiger partial charge in [0.25, 0.3) is 0 Å². The van der Waals surface area contributed by atoms with Crippen molar-refractivity contribution in [1.29, 1.82) is 0 Å². The zero-order valence-electron chi connectivity index (χ0n) is 44.9. The molecule has 0 saturated carbocycles. The molecule has 0 spiro atoms. The number of phosphoric acid groups is 2. The number of carbonyl (C=O) groups excluding carboxylic acids is 2. The van der Waals surface area contributed by atoms with Gasteiger partial charge in [0.2, 0.25) is 0 Å². The van der Waals surface area contributed by atoms with Crippen LogP contribution in [0.1, 0.15) is 174 Å². The van der Waals surface area contributed by atoms with E-state index in [2.05, 4.69) is 77.8 Å². The van der Waals surface area contributed by atoms with Crippen LogP contribution in [-0.2, 0) is 46.3 Å². The lowest BCUT2D eigenvalue weighted by atomic mass is 10.1. The molecule has 2 heterocycles. The number of hydrogen-bond donors (Lipinski definition) is 6. The van der Waals surface area contributed by atoms with Crippen molar-refractivity contribution in [1.82, 2.24) is 9.55 Å². The lowest BCUT2D eigenvalue weighted by Crippen LogP contribution is -2.36. The van der Waals surface area contributed by atoms with Crippen LogP contribution in [0.15, 0.2) is 102 Å². The van der Waals surface area contributed by atoms with Gasteiger partial charge in [-0.3, -0.25) is 23.2 Å². The van der Waals surface area contributed by atoms with Crippen LogP contribution in [0.5, 0.6) is 0 Å². The van der Waals surface area contributed by atoms with Gasteiger partial charge in [-0.2, -0.15) is 9.29 Å². The molecule has 8 atom stereocenters. The van der Waals surface area contributed by atoms with E-state index >= 15 is 0 Å². The fraction of sp³-hybridized carbons (Fsp3) is 0.636. The van der Waals surface area contributed by atoms with Crippen molar-refractivity contribution in [2.75, 3.05) is 25.6 Å². The summed E-state index contributed by atoms with van der Waals surface area (Å²) in [6.45, 7) is 1.92. The van der Waals surface area contributed by atoms with E-state index in [4.69, 9.17) is 29.0 Å².